The Morgan fingerprint density at radius 3 is 2.15 bits per heavy atom. The fourth-order valence-electron chi connectivity index (χ4n) is 6.36. The van der Waals surface area contributed by atoms with E-state index in [0.717, 1.165) is 50.8 Å². The zero-order chi connectivity index (χ0) is 35.0. The summed E-state index contributed by atoms with van der Waals surface area (Å²) in [5.74, 6) is -4.67. The van der Waals surface area contributed by atoms with E-state index in [0.29, 0.717) is 45.0 Å². The van der Waals surface area contributed by atoms with Crippen LogP contribution in [0.1, 0.15) is 78.6 Å². The summed E-state index contributed by atoms with van der Waals surface area (Å²) in [6.07, 6.45) is 0.931. The Labute approximate surface area is 276 Å². The average Bonchev–Trinajstić information content (AvgIpc) is 3.70. The molecule has 0 aliphatic carbocycles. The Morgan fingerprint density at radius 2 is 1.52 bits per heavy atom. The van der Waals surface area contributed by atoms with Crippen molar-refractivity contribution >= 4 is 68.2 Å². The number of nitrogens with zero attached hydrogens (tertiary/aromatic N) is 2. The number of carbonyl (C=O) groups is 4. The van der Waals surface area contributed by atoms with E-state index >= 15 is 0 Å². The number of amides is 1. The Morgan fingerprint density at radius 1 is 0.833 bits per heavy atom. The molecular weight excluding hydrogens is 614 g/mol. The van der Waals surface area contributed by atoms with Crippen LogP contribution in [0.3, 0.4) is 0 Å². The molecule has 3 aromatic heterocycles. The number of fused-ring (bicyclic) bond motifs is 8. The molecule has 2 aliphatic rings. The van der Waals surface area contributed by atoms with Crippen LogP contribution in [0.5, 0.6) is 0 Å². The second-order valence-corrected chi connectivity index (χ2v) is 12.0. The Hall–Kier alpha value is -5.78. The summed E-state index contributed by atoms with van der Waals surface area (Å²) in [5, 5.41) is 31.0. The van der Waals surface area contributed by atoms with Crippen LogP contribution in [-0.2, 0) is 32.0 Å². The van der Waals surface area contributed by atoms with Crippen molar-refractivity contribution in [3.8, 4) is 0 Å². The highest BCUT2D eigenvalue weighted by molar-refractivity contribution is 6.03. The molecule has 5 rings (SSSR count). The van der Waals surface area contributed by atoms with E-state index in [1.54, 1.807) is 19.1 Å². The quantitative estimate of drug-likeness (QED) is 0.161. The fraction of sp³-hybridized carbons (Fsp3) is 0.278. The normalized spacial score (nSPS) is 13.4. The molecule has 8 bridgehead atoms. The van der Waals surface area contributed by atoms with Crippen LogP contribution in [0.15, 0.2) is 36.9 Å². The number of carbonyl (C=O) groups excluding carboxylic acids is 1. The van der Waals surface area contributed by atoms with E-state index in [9.17, 15) is 29.4 Å². The molecule has 1 unspecified atom stereocenters. The highest BCUT2D eigenvalue weighted by Gasteiger charge is 2.29. The lowest BCUT2D eigenvalue weighted by Crippen LogP contribution is -2.42. The van der Waals surface area contributed by atoms with Crippen LogP contribution in [0.2, 0.25) is 0 Å². The van der Waals surface area contributed by atoms with Gasteiger partial charge in [0.15, 0.2) is 0 Å². The number of hydrogen-bond acceptors (Lipinski definition) is 6. The van der Waals surface area contributed by atoms with Crippen molar-refractivity contribution in [3.63, 3.8) is 0 Å². The molecule has 0 fully saturated rings. The number of aliphatic carboxylic acids is 3. The highest BCUT2D eigenvalue weighted by atomic mass is 16.4. The van der Waals surface area contributed by atoms with Gasteiger partial charge in [0, 0.05) is 33.2 Å². The van der Waals surface area contributed by atoms with Gasteiger partial charge in [0.05, 0.1) is 42.0 Å². The van der Waals surface area contributed by atoms with Crippen molar-refractivity contribution < 1.29 is 34.5 Å². The predicted octanol–water partition coefficient (Wildman–Crippen LogP) is 5.60. The zero-order valence-electron chi connectivity index (χ0n) is 27.4. The van der Waals surface area contributed by atoms with E-state index in [-0.39, 0.29) is 6.42 Å². The largest absolute Gasteiger partial charge is 0.481 e. The second kappa shape index (κ2) is 13.1. The third-order valence-corrected chi connectivity index (χ3v) is 8.81. The van der Waals surface area contributed by atoms with E-state index in [1.165, 1.54) is 0 Å². The smallest absolute Gasteiger partial charge is 0.326 e. The van der Waals surface area contributed by atoms with Crippen molar-refractivity contribution in [2.75, 3.05) is 0 Å². The molecule has 1 amide bonds. The first-order valence-corrected chi connectivity index (χ1v) is 15.5. The average molecular weight is 652 g/mol. The standard InChI is InChI=1S/C36H37N5O7/c1-7-21-17(4)26-14-29-22(8-2)18(5)34(41-29)24(12-32(43)44)35-19(6)23(11-31(42)39-30(36(47)48)15-33(45)46)27(40-35)10-20-9-16(3)25(37-20)13-28(21)38-26/h8-10,13-14,30,37-38H,2,7,11-12,15H2,1,3-6H3,(H,39,42)(H,43,44)(H,45,46)(H,47,48). The molecule has 6 N–H and O–H groups in total. The van der Waals surface area contributed by atoms with Crippen LogP contribution < -0.4 is 5.32 Å². The van der Waals surface area contributed by atoms with Gasteiger partial charge in [-0.1, -0.05) is 19.6 Å². The summed E-state index contributed by atoms with van der Waals surface area (Å²) in [6.45, 7) is 13.7. The van der Waals surface area contributed by atoms with Crippen LogP contribution in [0.4, 0.5) is 0 Å². The highest BCUT2D eigenvalue weighted by Crippen LogP contribution is 2.39. The number of carboxylic acid groups (broad SMARTS) is 3. The number of aromatic nitrogens is 4. The molecule has 3 aromatic rings. The molecule has 2 aliphatic heterocycles. The van der Waals surface area contributed by atoms with Gasteiger partial charge < -0.3 is 30.6 Å². The van der Waals surface area contributed by atoms with Gasteiger partial charge in [-0.05, 0) is 91.8 Å². The Bertz CT molecular complexity index is 2150. The van der Waals surface area contributed by atoms with Crippen LogP contribution in [0, 0.1) is 13.8 Å². The SMILES string of the molecule is C=CC1=C(C)c2nc1cc1[nH]c(cc3[nH]c(cc4nc(c2CC(=O)O)C(C)=C4CC(=O)NC(CC(=O)O)C(=O)O)cc3C)c(CC)c1C. The molecule has 0 saturated carbocycles. The summed E-state index contributed by atoms with van der Waals surface area (Å²) < 4.78 is 0. The molecule has 0 spiro atoms. The molecule has 12 nitrogen and oxygen atoms in total. The van der Waals surface area contributed by atoms with Gasteiger partial charge >= 0.3 is 17.9 Å². The van der Waals surface area contributed by atoms with Gasteiger partial charge in [-0.15, -0.1) is 0 Å². The number of nitrogens with one attached hydrogen (secondary N) is 3. The molecule has 0 aromatic carbocycles. The Kier molecular flexibility index (Phi) is 9.20. The maximum atomic E-state index is 13.2. The van der Waals surface area contributed by atoms with Crippen LogP contribution >= 0.6 is 0 Å². The number of allylic oxidation sites excluding steroid dienone is 4. The van der Waals surface area contributed by atoms with Gasteiger partial charge in [0.1, 0.15) is 6.04 Å². The first-order valence-electron chi connectivity index (χ1n) is 15.5. The number of hydrogen-bond donors (Lipinski definition) is 6. The minimum Gasteiger partial charge on any atom is -0.481 e. The Balaban J connectivity index is 1.86. The second-order valence-electron chi connectivity index (χ2n) is 12.0. The maximum absolute atomic E-state index is 13.2. The first kappa shape index (κ1) is 33.6. The van der Waals surface area contributed by atoms with Gasteiger partial charge in [0.25, 0.3) is 0 Å². The molecule has 5 heterocycles. The van der Waals surface area contributed by atoms with Crippen molar-refractivity contribution in [2.24, 2.45) is 0 Å². The summed E-state index contributed by atoms with van der Waals surface area (Å²) in [6, 6.07) is 6.04. The third-order valence-electron chi connectivity index (χ3n) is 8.81. The lowest BCUT2D eigenvalue weighted by molar-refractivity contribution is -0.147. The van der Waals surface area contributed by atoms with E-state index < -0.39 is 42.7 Å². The fourth-order valence-corrected chi connectivity index (χ4v) is 6.36. The van der Waals surface area contributed by atoms with E-state index in [4.69, 9.17) is 15.1 Å². The number of carboxylic acids is 3. The maximum Gasteiger partial charge on any atom is 0.326 e. The minimum atomic E-state index is -1.63. The number of aromatic amines is 2. The van der Waals surface area contributed by atoms with E-state index in [1.807, 2.05) is 32.0 Å². The van der Waals surface area contributed by atoms with Gasteiger partial charge in [-0.3, -0.25) is 14.4 Å². The summed E-state index contributed by atoms with van der Waals surface area (Å²) in [5.41, 5.74) is 11.0. The predicted molar refractivity (Wildman–Crippen MR) is 183 cm³/mol. The molecular formula is C36H37N5O7. The lowest BCUT2D eigenvalue weighted by Gasteiger charge is -2.13. The van der Waals surface area contributed by atoms with Crippen molar-refractivity contribution in [2.45, 2.75) is 66.3 Å². The van der Waals surface area contributed by atoms with E-state index in [2.05, 4.69) is 35.7 Å². The van der Waals surface area contributed by atoms with Crippen LogP contribution in [-0.4, -0.2) is 65.1 Å². The van der Waals surface area contributed by atoms with Crippen molar-refractivity contribution in [1.29, 1.82) is 0 Å². The molecule has 248 valence electrons. The number of rotatable bonds is 10. The van der Waals surface area contributed by atoms with Crippen molar-refractivity contribution in [1.82, 2.24) is 25.3 Å². The number of H-pyrrole nitrogens is 2. The van der Waals surface area contributed by atoms with Gasteiger partial charge in [-0.25, -0.2) is 14.8 Å². The topological polar surface area (TPSA) is 198 Å². The van der Waals surface area contributed by atoms with Gasteiger partial charge in [-0.2, -0.15) is 0 Å². The van der Waals surface area contributed by atoms with Gasteiger partial charge in [0.2, 0.25) is 5.91 Å². The van der Waals surface area contributed by atoms with Crippen LogP contribution in [0.25, 0.3) is 44.4 Å². The third kappa shape index (κ3) is 6.41. The van der Waals surface area contributed by atoms with Crippen molar-refractivity contribution in [3.05, 3.63) is 81.9 Å². The monoisotopic (exact) mass is 651 g/mol. The summed E-state index contributed by atoms with van der Waals surface area (Å²) >= 11 is 0. The summed E-state index contributed by atoms with van der Waals surface area (Å²) in [7, 11) is 0. The molecule has 12 heteroatoms. The minimum absolute atomic E-state index is 0.332. The molecule has 0 radical (unpaired) electrons. The lowest BCUT2D eigenvalue weighted by atomic mass is 9.96. The molecule has 0 saturated heterocycles. The number of aryl methyl sites for hydroxylation is 3. The zero-order valence-corrected chi connectivity index (χ0v) is 27.4. The molecule has 1 atom stereocenters. The first-order chi connectivity index (χ1) is 22.7. The summed E-state index contributed by atoms with van der Waals surface area (Å²) in [4.78, 5) is 65.2. The molecule has 48 heavy (non-hydrogen) atoms.